The molecule has 0 spiro atoms. The summed E-state index contributed by atoms with van der Waals surface area (Å²) < 4.78 is 0. The topological polar surface area (TPSA) is 52.6 Å². The molecule has 2 rings (SSSR count). The molecule has 1 aromatic carbocycles. The molecule has 1 amide bonds. The first-order valence-corrected chi connectivity index (χ1v) is 6.71. The largest absolute Gasteiger partial charge is 0.391 e. The zero-order valence-electron chi connectivity index (χ0n) is 11.8. The Morgan fingerprint density at radius 2 is 2.16 bits per heavy atom. The van der Waals surface area contributed by atoms with E-state index in [-0.39, 0.29) is 18.0 Å². The molecule has 0 heterocycles. The van der Waals surface area contributed by atoms with Gasteiger partial charge in [0.1, 0.15) is 0 Å². The third-order valence-corrected chi connectivity index (χ3v) is 3.65. The van der Waals surface area contributed by atoms with Gasteiger partial charge in [-0.2, -0.15) is 0 Å². The van der Waals surface area contributed by atoms with Gasteiger partial charge in [-0.15, -0.1) is 0 Å². The number of aliphatic hydroxyl groups is 1. The Balaban J connectivity index is 2.01. The van der Waals surface area contributed by atoms with Crippen molar-refractivity contribution in [3.63, 3.8) is 0 Å². The Hall–Kier alpha value is -1.39. The molecule has 3 unspecified atom stereocenters. The number of nitrogens with one attached hydrogen (secondary N) is 1. The number of carbonyl (C=O) groups is 1. The van der Waals surface area contributed by atoms with Crippen LogP contribution in [0.1, 0.15) is 30.5 Å². The average molecular weight is 262 g/mol. The minimum absolute atomic E-state index is 0.0423. The second-order valence-corrected chi connectivity index (χ2v) is 5.51. The average Bonchev–Trinajstić information content (AvgIpc) is 2.66. The molecule has 0 aliphatic heterocycles. The molecular formula is C15H22N2O2. The molecule has 104 valence electrons. The molecule has 0 aromatic heterocycles. The third-order valence-electron chi connectivity index (χ3n) is 3.65. The summed E-state index contributed by atoms with van der Waals surface area (Å²) in [5.74, 6) is 0.0979. The van der Waals surface area contributed by atoms with Gasteiger partial charge >= 0.3 is 0 Å². The second-order valence-electron chi connectivity index (χ2n) is 5.51. The first-order chi connectivity index (χ1) is 8.99. The van der Waals surface area contributed by atoms with E-state index < -0.39 is 6.10 Å². The van der Waals surface area contributed by atoms with E-state index >= 15 is 0 Å². The quantitative estimate of drug-likeness (QED) is 0.854. The van der Waals surface area contributed by atoms with Gasteiger partial charge in [0.2, 0.25) is 5.91 Å². The van der Waals surface area contributed by atoms with Gasteiger partial charge in [0.15, 0.2) is 0 Å². The molecule has 4 heteroatoms. The minimum atomic E-state index is -0.408. The lowest BCUT2D eigenvalue weighted by Crippen LogP contribution is -2.38. The molecule has 1 aromatic rings. The maximum Gasteiger partial charge on any atom is 0.223 e. The van der Waals surface area contributed by atoms with Crippen LogP contribution in [0, 0.1) is 0 Å². The third kappa shape index (κ3) is 3.14. The maximum absolute atomic E-state index is 11.7. The van der Waals surface area contributed by atoms with Crippen LogP contribution in [0.2, 0.25) is 0 Å². The highest BCUT2D eigenvalue weighted by atomic mass is 16.3. The summed E-state index contributed by atoms with van der Waals surface area (Å²) >= 11 is 0. The van der Waals surface area contributed by atoms with E-state index in [9.17, 15) is 9.90 Å². The Labute approximate surface area is 114 Å². The SMILES string of the molecule is CC(CC(=O)N(C)C)NC1c2ccccc2CC1O. The van der Waals surface area contributed by atoms with Crippen molar-refractivity contribution in [2.24, 2.45) is 0 Å². The Morgan fingerprint density at radius 1 is 1.47 bits per heavy atom. The van der Waals surface area contributed by atoms with Gasteiger partial charge in [0, 0.05) is 33.0 Å². The number of carbonyl (C=O) groups excluding carboxylic acids is 1. The lowest BCUT2D eigenvalue weighted by atomic mass is 10.1. The maximum atomic E-state index is 11.7. The van der Waals surface area contributed by atoms with Crippen molar-refractivity contribution in [2.45, 2.75) is 38.0 Å². The molecule has 19 heavy (non-hydrogen) atoms. The highest BCUT2D eigenvalue weighted by molar-refractivity contribution is 5.76. The number of hydrogen-bond donors (Lipinski definition) is 2. The van der Waals surface area contributed by atoms with Crippen LogP contribution in [0.25, 0.3) is 0 Å². The van der Waals surface area contributed by atoms with Crippen molar-refractivity contribution in [3.8, 4) is 0 Å². The van der Waals surface area contributed by atoms with Crippen molar-refractivity contribution < 1.29 is 9.90 Å². The summed E-state index contributed by atoms with van der Waals surface area (Å²) in [6.45, 7) is 1.98. The normalized spacial score (nSPS) is 22.9. The van der Waals surface area contributed by atoms with E-state index in [0.717, 1.165) is 5.56 Å². The smallest absolute Gasteiger partial charge is 0.223 e. The number of fused-ring (bicyclic) bond motifs is 1. The van der Waals surface area contributed by atoms with E-state index in [4.69, 9.17) is 0 Å². The number of hydrogen-bond acceptors (Lipinski definition) is 3. The monoisotopic (exact) mass is 262 g/mol. The first-order valence-electron chi connectivity index (χ1n) is 6.71. The molecule has 0 saturated heterocycles. The van der Waals surface area contributed by atoms with E-state index in [2.05, 4.69) is 11.4 Å². The van der Waals surface area contributed by atoms with Gasteiger partial charge in [-0.05, 0) is 18.1 Å². The number of benzene rings is 1. The fourth-order valence-electron chi connectivity index (χ4n) is 2.58. The fourth-order valence-corrected chi connectivity index (χ4v) is 2.58. The van der Waals surface area contributed by atoms with Crippen LogP contribution >= 0.6 is 0 Å². The van der Waals surface area contributed by atoms with E-state index in [1.54, 1.807) is 19.0 Å². The zero-order chi connectivity index (χ0) is 14.0. The van der Waals surface area contributed by atoms with Crippen LogP contribution in [0.5, 0.6) is 0 Å². The van der Waals surface area contributed by atoms with Crippen molar-refractivity contribution in [1.29, 1.82) is 0 Å². The van der Waals surface area contributed by atoms with Crippen LogP contribution in [-0.2, 0) is 11.2 Å². The van der Waals surface area contributed by atoms with E-state index in [1.165, 1.54) is 5.56 Å². The number of rotatable bonds is 4. The van der Waals surface area contributed by atoms with Crippen LogP contribution in [0.15, 0.2) is 24.3 Å². The number of aliphatic hydroxyl groups excluding tert-OH is 1. The Morgan fingerprint density at radius 3 is 2.84 bits per heavy atom. The molecule has 1 aliphatic carbocycles. The van der Waals surface area contributed by atoms with E-state index in [0.29, 0.717) is 12.8 Å². The van der Waals surface area contributed by atoms with Gasteiger partial charge < -0.3 is 15.3 Å². The molecular weight excluding hydrogens is 240 g/mol. The molecule has 3 atom stereocenters. The summed E-state index contributed by atoms with van der Waals surface area (Å²) in [5, 5.41) is 13.5. The number of amides is 1. The summed E-state index contributed by atoms with van der Waals surface area (Å²) in [7, 11) is 3.52. The van der Waals surface area contributed by atoms with Crippen LogP contribution in [0.3, 0.4) is 0 Å². The van der Waals surface area contributed by atoms with Crippen LogP contribution in [0.4, 0.5) is 0 Å². The van der Waals surface area contributed by atoms with Crippen molar-refractivity contribution in [3.05, 3.63) is 35.4 Å². The van der Waals surface area contributed by atoms with Crippen molar-refractivity contribution in [2.75, 3.05) is 14.1 Å². The van der Waals surface area contributed by atoms with Crippen molar-refractivity contribution in [1.82, 2.24) is 10.2 Å². The highest BCUT2D eigenvalue weighted by Gasteiger charge is 2.31. The molecule has 2 N–H and O–H groups in total. The first kappa shape index (κ1) is 14.0. The molecule has 0 saturated carbocycles. The second kappa shape index (κ2) is 5.72. The Kier molecular flexibility index (Phi) is 4.22. The standard InChI is InChI=1S/C15H22N2O2/c1-10(8-14(19)17(2)3)16-15-12-7-5-4-6-11(12)9-13(15)18/h4-7,10,13,15-16,18H,8-9H2,1-3H3. The zero-order valence-corrected chi connectivity index (χ0v) is 11.8. The summed E-state index contributed by atoms with van der Waals surface area (Å²) in [4.78, 5) is 13.3. The lowest BCUT2D eigenvalue weighted by Gasteiger charge is -2.23. The summed E-state index contributed by atoms with van der Waals surface area (Å²) in [5.41, 5.74) is 2.35. The molecule has 1 aliphatic rings. The van der Waals surface area contributed by atoms with Gasteiger partial charge in [0.05, 0.1) is 12.1 Å². The fraction of sp³-hybridized carbons (Fsp3) is 0.533. The summed E-state index contributed by atoms with van der Waals surface area (Å²) in [6.07, 6.45) is 0.718. The van der Waals surface area contributed by atoms with Crippen LogP contribution in [-0.4, -0.2) is 42.2 Å². The predicted molar refractivity (Wildman–Crippen MR) is 74.8 cm³/mol. The minimum Gasteiger partial charge on any atom is -0.391 e. The lowest BCUT2D eigenvalue weighted by molar-refractivity contribution is -0.129. The molecule has 4 nitrogen and oxygen atoms in total. The van der Waals surface area contributed by atoms with Gasteiger partial charge in [-0.3, -0.25) is 4.79 Å². The molecule has 0 fully saturated rings. The number of nitrogens with zero attached hydrogens (tertiary/aromatic N) is 1. The van der Waals surface area contributed by atoms with Crippen molar-refractivity contribution >= 4 is 5.91 Å². The summed E-state index contributed by atoms with van der Waals surface area (Å²) in [6, 6.07) is 8.05. The van der Waals surface area contributed by atoms with Gasteiger partial charge in [0.25, 0.3) is 0 Å². The van der Waals surface area contributed by atoms with Crippen LogP contribution < -0.4 is 5.32 Å². The van der Waals surface area contributed by atoms with Gasteiger partial charge in [-0.25, -0.2) is 0 Å². The van der Waals surface area contributed by atoms with Gasteiger partial charge in [-0.1, -0.05) is 24.3 Å². The molecule has 0 radical (unpaired) electrons. The highest BCUT2D eigenvalue weighted by Crippen LogP contribution is 2.31. The predicted octanol–water partition coefficient (Wildman–Crippen LogP) is 1.10. The Bertz CT molecular complexity index is 459. The molecule has 0 bridgehead atoms. The van der Waals surface area contributed by atoms with E-state index in [1.807, 2.05) is 25.1 Å².